The number of nitrogens with two attached hydrogens (primary N) is 1. The maximum absolute atomic E-state index is 5.95. The Morgan fingerprint density at radius 2 is 1.71 bits per heavy atom. The first-order valence-electron chi connectivity index (χ1n) is 9.93. The van der Waals surface area contributed by atoms with Crippen LogP contribution in [-0.2, 0) is 0 Å². The van der Waals surface area contributed by atoms with E-state index < -0.39 is 0 Å². The molecule has 3 rings (SSSR count). The third kappa shape index (κ3) is 8.19. The molecule has 3 N–H and O–H groups in total. The van der Waals surface area contributed by atoms with Crippen LogP contribution >= 0.6 is 36.4 Å². The van der Waals surface area contributed by atoms with E-state index in [-0.39, 0.29) is 24.8 Å². The predicted octanol–water partition coefficient (Wildman–Crippen LogP) is 6.24. The summed E-state index contributed by atoms with van der Waals surface area (Å²) in [4.78, 5) is 9.41. The lowest BCUT2D eigenvalue weighted by Gasteiger charge is -2.11. The van der Waals surface area contributed by atoms with E-state index >= 15 is 0 Å². The van der Waals surface area contributed by atoms with Crippen LogP contribution in [-0.4, -0.2) is 30.2 Å². The summed E-state index contributed by atoms with van der Waals surface area (Å²) in [6, 6.07) is 13.5. The van der Waals surface area contributed by atoms with Gasteiger partial charge in [-0.3, -0.25) is 0 Å². The van der Waals surface area contributed by atoms with E-state index in [2.05, 4.69) is 10.3 Å². The average molecular weight is 484 g/mol. The van der Waals surface area contributed by atoms with Gasteiger partial charge in [0.15, 0.2) is 5.82 Å². The first kappa shape index (κ1) is 27.0. The molecule has 0 saturated heterocycles. The molecule has 2 aromatic carbocycles. The quantitative estimate of drug-likeness (QED) is 0.334. The molecule has 3 aromatic rings. The van der Waals surface area contributed by atoms with Crippen molar-refractivity contribution >= 4 is 65.3 Å². The Labute approximate surface area is 201 Å². The second kappa shape index (κ2) is 14.1. The van der Waals surface area contributed by atoms with Crippen molar-refractivity contribution in [1.82, 2.24) is 9.97 Å². The van der Waals surface area contributed by atoms with Crippen LogP contribution in [0.3, 0.4) is 0 Å². The van der Waals surface area contributed by atoms with E-state index in [4.69, 9.17) is 27.1 Å². The molecule has 31 heavy (non-hydrogen) atoms. The summed E-state index contributed by atoms with van der Waals surface area (Å²) in [5.41, 5.74) is 7.48. The number of ether oxygens (including phenoxy) is 1. The summed E-state index contributed by atoms with van der Waals surface area (Å²) < 4.78 is 5.37. The number of halogens is 3. The van der Waals surface area contributed by atoms with E-state index in [1.165, 1.54) is 0 Å². The third-order valence-electron chi connectivity index (χ3n) is 4.64. The van der Waals surface area contributed by atoms with E-state index in [9.17, 15) is 0 Å². The van der Waals surface area contributed by atoms with E-state index in [0.717, 1.165) is 71.8 Å². The number of methoxy groups -OCH3 is 1. The van der Waals surface area contributed by atoms with Crippen LogP contribution in [0.25, 0.3) is 23.1 Å². The standard InChI is InChI=1S/C23H27ClN4O.2ClH/c1-29-19-11-12-21-20(16-19)23(26-15-5-3-2-4-14-25)28-22(27-21)13-8-17-6-9-18(24)10-7-17;;/h6-13,16H,2-5,14-15,25H2,1H3,(H,26,27,28);2*1H. The predicted molar refractivity (Wildman–Crippen MR) is 137 cm³/mol. The molecule has 0 aliphatic rings. The topological polar surface area (TPSA) is 73.1 Å². The molecule has 1 aromatic heterocycles. The van der Waals surface area contributed by atoms with E-state index in [1.54, 1.807) is 7.11 Å². The second-order valence-electron chi connectivity index (χ2n) is 6.83. The zero-order valence-electron chi connectivity index (χ0n) is 17.5. The summed E-state index contributed by atoms with van der Waals surface area (Å²) in [6.07, 6.45) is 8.36. The molecular weight excluding hydrogens is 455 g/mol. The minimum Gasteiger partial charge on any atom is -0.497 e. The van der Waals surface area contributed by atoms with Crippen LogP contribution in [0.15, 0.2) is 42.5 Å². The van der Waals surface area contributed by atoms with Gasteiger partial charge < -0.3 is 15.8 Å². The Morgan fingerprint density at radius 3 is 2.42 bits per heavy atom. The van der Waals surface area contributed by atoms with Crippen molar-refractivity contribution in [2.24, 2.45) is 5.73 Å². The number of hydrogen-bond donors (Lipinski definition) is 2. The molecule has 0 fully saturated rings. The lowest BCUT2D eigenvalue weighted by molar-refractivity contribution is 0.415. The number of rotatable bonds is 10. The highest BCUT2D eigenvalue weighted by molar-refractivity contribution is 6.30. The van der Waals surface area contributed by atoms with Crippen molar-refractivity contribution in [2.45, 2.75) is 25.7 Å². The number of aromatic nitrogens is 2. The zero-order valence-corrected chi connectivity index (χ0v) is 19.9. The van der Waals surface area contributed by atoms with Gasteiger partial charge in [-0.05, 0) is 61.4 Å². The average Bonchev–Trinajstić information content (AvgIpc) is 2.75. The molecule has 0 radical (unpaired) electrons. The van der Waals surface area contributed by atoms with Crippen LogP contribution in [0.1, 0.15) is 37.1 Å². The number of nitrogens with zero attached hydrogens (tertiary/aromatic N) is 2. The Kier molecular flexibility index (Phi) is 12.3. The smallest absolute Gasteiger partial charge is 0.154 e. The first-order valence-corrected chi connectivity index (χ1v) is 10.3. The number of benzene rings is 2. The molecule has 0 spiro atoms. The minimum absolute atomic E-state index is 0. The summed E-state index contributed by atoms with van der Waals surface area (Å²) in [7, 11) is 1.66. The summed E-state index contributed by atoms with van der Waals surface area (Å²) >= 11 is 5.95. The molecule has 0 amide bonds. The Bertz CT molecular complexity index is 965. The molecule has 0 aliphatic carbocycles. The largest absolute Gasteiger partial charge is 0.497 e. The van der Waals surface area contributed by atoms with Gasteiger partial charge in [0.05, 0.1) is 12.6 Å². The van der Waals surface area contributed by atoms with Gasteiger partial charge in [0.2, 0.25) is 0 Å². The fourth-order valence-electron chi connectivity index (χ4n) is 3.04. The lowest BCUT2D eigenvalue weighted by atomic mass is 10.2. The highest BCUT2D eigenvalue weighted by atomic mass is 35.5. The van der Waals surface area contributed by atoms with Gasteiger partial charge in [-0.25, -0.2) is 9.97 Å². The molecule has 5 nitrogen and oxygen atoms in total. The second-order valence-corrected chi connectivity index (χ2v) is 7.26. The Balaban J connectivity index is 0.00000240. The van der Waals surface area contributed by atoms with Gasteiger partial charge in [-0.2, -0.15) is 0 Å². The number of fused-ring (bicyclic) bond motifs is 1. The van der Waals surface area contributed by atoms with Gasteiger partial charge in [0.25, 0.3) is 0 Å². The van der Waals surface area contributed by atoms with Gasteiger partial charge in [-0.1, -0.05) is 42.7 Å². The fraction of sp³-hybridized carbons (Fsp3) is 0.304. The van der Waals surface area contributed by atoms with Crippen molar-refractivity contribution in [3.05, 3.63) is 58.9 Å². The number of unbranched alkanes of at least 4 members (excludes halogenated alkanes) is 3. The Hall–Kier alpha value is -2.05. The highest BCUT2D eigenvalue weighted by Crippen LogP contribution is 2.26. The van der Waals surface area contributed by atoms with Crippen molar-refractivity contribution in [3.8, 4) is 5.75 Å². The van der Waals surface area contributed by atoms with Gasteiger partial charge in [-0.15, -0.1) is 24.8 Å². The summed E-state index contributed by atoms with van der Waals surface area (Å²) in [6.45, 7) is 1.61. The zero-order chi connectivity index (χ0) is 20.5. The lowest BCUT2D eigenvalue weighted by Crippen LogP contribution is -2.06. The third-order valence-corrected chi connectivity index (χ3v) is 4.89. The molecule has 168 valence electrons. The monoisotopic (exact) mass is 482 g/mol. The molecular formula is C23H29Cl3N4O. The van der Waals surface area contributed by atoms with Crippen molar-refractivity contribution in [2.75, 3.05) is 25.5 Å². The maximum Gasteiger partial charge on any atom is 0.154 e. The van der Waals surface area contributed by atoms with Crippen LogP contribution in [0.4, 0.5) is 5.82 Å². The normalized spacial score (nSPS) is 10.5. The number of hydrogen-bond acceptors (Lipinski definition) is 5. The maximum atomic E-state index is 5.95. The fourth-order valence-corrected chi connectivity index (χ4v) is 3.16. The van der Waals surface area contributed by atoms with Gasteiger partial charge in [0, 0.05) is 17.0 Å². The van der Waals surface area contributed by atoms with E-state index in [1.807, 2.05) is 54.6 Å². The van der Waals surface area contributed by atoms with Crippen LogP contribution in [0, 0.1) is 0 Å². The summed E-state index contributed by atoms with van der Waals surface area (Å²) in [5.74, 6) is 2.27. The Morgan fingerprint density at radius 1 is 0.968 bits per heavy atom. The van der Waals surface area contributed by atoms with Crippen molar-refractivity contribution in [3.63, 3.8) is 0 Å². The number of anilines is 1. The van der Waals surface area contributed by atoms with Crippen molar-refractivity contribution < 1.29 is 4.74 Å². The molecule has 0 aliphatic heterocycles. The van der Waals surface area contributed by atoms with Gasteiger partial charge >= 0.3 is 0 Å². The van der Waals surface area contributed by atoms with Crippen molar-refractivity contribution in [1.29, 1.82) is 0 Å². The molecule has 0 saturated carbocycles. The van der Waals surface area contributed by atoms with E-state index in [0.29, 0.717) is 5.82 Å². The van der Waals surface area contributed by atoms with Crippen LogP contribution in [0.5, 0.6) is 5.75 Å². The SMILES string of the molecule is COc1ccc2nc(C=Cc3ccc(Cl)cc3)nc(NCCCCCCN)c2c1.Cl.Cl. The molecule has 0 bridgehead atoms. The summed E-state index contributed by atoms with van der Waals surface area (Å²) in [5, 5.41) is 5.14. The number of nitrogens with one attached hydrogen (secondary N) is 1. The van der Waals surface area contributed by atoms with Crippen LogP contribution < -0.4 is 15.8 Å². The highest BCUT2D eigenvalue weighted by Gasteiger charge is 2.08. The molecule has 0 unspecified atom stereocenters. The molecule has 1 heterocycles. The molecule has 8 heteroatoms. The molecule has 0 atom stereocenters. The van der Waals surface area contributed by atoms with Gasteiger partial charge in [0.1, 0.15) is 11.6 Å². The van der Waals surface area contributed by atoms with Crippen LogP contribution in [0.2, 0.25) is 5.02 Å². The minimum atomic E-state index is 0. The first-order chi connectivity index (χ1) is 14.2.